The Kier molecular flexibility index (Phi) is 4.95. The van der Waals surface area contributed by atoms with Crippen molar-refractivity contribution in [2.24, 2.45) is 5.73 Å². The van der Waals surface area contributed by atoms with E-state index >= 15 is 0 Å². The highest BCUT2D eigenvalue weighted by molar-refractivity contribution is 5.78. The molecular formula is C18H27FN4. The number of nitrogens with zero attached hydrogens (tertiary/aromatic N) is 2. The molecule has 0 radical (unpaired) electrons. The van der Waals surface area contributed by atoms with E-state index in [0.717, 1.165) is 54.8 Å². The number of rotatable bonds is 3. The van der Waals surface area contributed by atoms with Crippen molar-refractivity contribution >= 4 is 11.4 Å². The summed E-state index contributed by atoms with van der Waals surface area (Å²) in [6.07, 6.45) is 6.99. The number of anilines is 1. The summed E-state index contributed by atoms with van der Waals surface area (Å²) in [6, 6.07) is 0.726. The fourth-order valence-corrected chi connectivity index (χ4v) is 3.74. The van der Waals surface area contributed by atoms with Gasteiger partial charge in [0.15, 0.2) is 0 Å². The minimum absolute atomic E-state index is 0.329. The number of hydrogen-bond acceptors (Lipinski definition) is 4. The Morgan fingerprint density at radius 3 is 2.61 bits per heavy atom. The van der Waals surface area contributed by atoms with Crippen LogP contribution in [0.2, 0.25) is 0 Å². The molecule has 1 atom stereocenters. The van der Waals surface area contributed by atoms with E-state index in [2.05, 4.69) is 22.2 Å². The molecule has 3 N–H and O–H groups in total. The van der Waals surface area contributed by atoms with Crippen molar-refractivity contribution in [2.45, 2.75) is 77.0 Å². The fraction of sp³-hybridized carbons (Fsp3) is 0.667. The average Bonchev–Trinajstić information content (AvgIpc) is 2.53. The second-order valence-corrected chi connectivity index (χ2v) is 7.04. The average molecular weight is 318 g/mol. The number of hydrogen-bond donors (Lipinski definition) is 2. The normalized spacial score (nSPS) is 28.8. The van der Waals surface area contributed by atoms with Crippen molar-refractivity contribution < 1.29 is 4.39 Å². The zero-order valence-corrected chi connectivity index (χ0v) is 14.1. The van der Waals surface area contributed by atoms with Gasteiger partial charge in [-0.15, -0.1) is 0 Å². The molecule has 23 heavy (non-hydrogen) atoms. The lowest BCUT2D eigenvalue weighted by Crippen LogP contribution is -2.33. The van der Waals surface area contributed by atoms with Gasteiger partial charge in [-0.2, -0.15) is 0 Å². The van der Waals surface area contributed by atoms with Gasteiger partial charge in [-0.25, -0.2) is 14.4 Å². The third-order valence-electron chi connectivity index (χ3n) is 5.22. The van der Waals surface area contributed by atoms with E-state index in [4.69, 9.17) is 5.73 Å². The minimum atomic E-state index is -0.756. The van der Waals surface area contributed by atoms with Gasteiger partial charge in [0.25, 0.3) is 0 Å². The van der Waals surface area contributed by atoms with Gasteiger partial charge >= 0.3 is 0 Å². The fourth-order valence-electron chi connectivity index (χ4n) is 3.74. The van der Waals surface area contributed by atoms with Crippen LogP contribution in [0.15, 0.2) is 11.9 Å². The molecule has 3 rings (SSSR count). The standard InChI is InChI=1S/C18H27FN4/c1-11-3-4-13(19)9-16(11)17-12(2)21-10-22-18(17)23-15-7-5-14(20)6-8-15/h10,13-15H,3-9,20H2,1-2H3,(H,21,22,23). The molecular weight excluding hydrogens is 291 g/mol. The highest BCUT2D eigenvalue weighted by Gasteiger charge is 2.25. The molecule has 1 fully saturated rings. The Bertz CT molecular complexity index is 591. The highest BCUT2D eigenvalue weighted by atomic mass is 19.1. The van der Waals surface area contributed by atoms with Crippen molar-refractivity contribution in [3.63, 3.8) is 0 Å². The molecule has 126 valence electrons. The molecule has 1 saturated carbocycles. The van der Waals surface area contributed by atoms with Gasteiger partial charge in [0.05, 0.1) is 5.69 Å². The van der Waals surface area contributed by atoms with Crippen LogP contribution in [0.3, 0.4) is 0 Å². The third kappa shape index (κ3) is 3.71. The van der Waals surface area contributed by atoms with Crippen LogP contribution in [0.25, 0.3) is 5.57 Å². The monoisotopic (exact) mass is 318 g/mol. The number of nitrogens with one attached hydrogen (secondary N) is 1. The summed E-state index contributed by atoms with van der Waals surface area (Å²) in [7, 11) is 0. The summed E-state index contributed by atoms with van der Waals surface area (Å²) in [5, 5.41) is 3.58. The van der Waals surface area contributed by atoms with Gasteiger partial charge in [0, 0.05) is 24.1 Å². The molecule has 0 aliphatic heterocycles. The van der Waals surface area contributed by atoms with Crippen LogP contribution in [0.5, 0.6) is 0 Å². The number of aromatic nitrogens is 2. The molecule has 0 spiro atoms. The van der Waals surface area contributed by atoms with Crippen molar-refractivity contribution in [3.8, 4) is 0 Å². The topological polar surface area (TPSA) is 63.8 Å². The van der Waals surface area contributed by atoms with E-state index in [1.54, 1.807) is 6.33 Å². The van der Waals surface area contributed by atoms with Crippen LogP contribution in [0.4, 0.5) is 10.2 Å². The van der Waals surface area contributed by atoms with Crippen LogP contribution < -0.4 is 11.1 Å². The Morgan fingerprint density at radius 1 is 1.13 bits per heavy atom. The lowest BCUT2D eigenvalue weighted by atomic mass is 9.86. The quantitative estimate of drug-likeness (QED) is 0.890. The number of halogens is 1. The maximum absolute atomic E-state index is 13.9. The Labute approximate surface area is 137 Å². The predicted molar refractivity (Wildman–Crippen MR) is 92.0 cm³/mol. The predicted octanol–water partition coefficient (Wildman–Crippen LogP) is 3.76. The summed E-state index contributed by atoms with van der Waals surface area (Å²) < 4.78 is 13.9. The molecule has 0 bridgehead atoms. The van der Waals surface area contributed by atoms with Crippen LogP contribution in [0.1, 0.15) is 63.1 Å². The molecule has 1 aromatic heterocycles. The zero-order valence-electron chi connectivity index (χ0n) is 14.1. The lowest BCUT2D eigenvalue weighted by molar-refractivity contribution is 0.312. The lowest BCUT2D eigenvalue weighted by Gasteiger charge is -2.29. The molecule has 0 saturated heterocycles. The number of nitrogens with two attached hydrogens (primary N) is 1. The van der Waals surface area contributed by atoms with Crippen molar-refractivity contribution in [3.05, 3.63) is 23.2 Å². The SMILES string of the molecule is CC1=C(c2c(C)ncnc2NC2CCC(N)CC2)CC(F)CC1. The summed E-state index contributed by atoms with van der Waals surface area (Å²) in [6.45, 7) is 4.10. The zero-order chi connectivity index (χ0) is 16.4. The molecule has 5 heteroatoms. The number of alkyl halides is 1. The van der Waals surface area contributed by atoms with E-state index in [1.807, 2.05) is 6.92 Å². The second kappa shape index (κ2) is 6.95. The number of allylic oxidation sites excluding steroid dienone is 2. The van der Waals surface area contributed by atoms with Gasteiger partial charge in [-0.3, -0.25) is 0 Å². The van der Waals surface area contributed by atoms with Crippen LogP contribution >= 0.6 is 0 Å². The highest BCUT2D eigenvalue weighted by Crippen LogP contribution is 2.38. The van der Waals surface area contributed by atoms with E-state index in [9.17, 15) is 4.39 Å². The number of aryl methyl sites for hydroxylation is 1. The smallest absolute Gasteiger partial charge is 0.137 e. The van der Waals surface area contributed by atoms with E-state index in [-0.39, 0.29) is 0 Å². The molecule has 1 unspecified atom stereocenters. The van der Waals surface area contributed by atoms with E-state index in [0.29, 0.717) is 24.9 Å². The van der Waals surface area contributed by atoms with Gasteiger partial charge in [0.2, 0.25) is 0 Å². The molecule has 0 aromatic carbocycles. The van der Waals surface area contributed by atoms with Crippen LogP contribution in [-0.4, -0.2) is 28.2 Å². The first-order valence-electron chi connectivity index (χ1n) is 8.71. The van der Waals surface area contributed by atoms with Gasteiger partial charge in [-0.1, -0.05) is 5.57 Å². The Hall–Kier alpha value is -1.49. The van der Waals surface area contributed by atoms with Crippen LogP contribution in [-0.2, 0) is 0 Å². The maximum atomic E-state index is 13.9. The summed E-state index contributed by atoms with van der Waals surface area (Å²) in [5.74, 6) is 0.862. The van der Waals surface area contributed by atoms with Crippen molar-refractivity contribution in [2.75, 3.05) is 5.32 Å². The third-order valence-corrected chi connectivity index (χ3v) is 5.22. The van der Waals surface area contributed by atoms with Crippen molar-refractivity contribution in [1.29, 1.82) is 0 Å². The van der Waals surface area contributed by atoms with E-state index in [1.165, 1.54) is 5.57 Å². The first kappa shape index (κ1) is 16.4. The molecule has 2 aliphatic rings. The van der Waals surface area contributed by atoms with Gasteiger partial charge in [-0.05, 0) is 57.9 Å². The van der Waals surface area contributed by atoms with Crippen molar-refractivity contribution in [1.82, 2.24) is 9.97 Å². The summed E-state index contributed by atoms with van der Waals surface area (Å²) in [5.41, 5.74) is 10.3. The van der Waals surface area contributed by atoms with Gasteiger partial charge < -0.3 is 11.1 Å². The maximum Gasteiger partial charge on any atom is 0.137 e. The Balaban J connectivity index is 1.88. The molecule has 2 aliphatic carbocycles. The summed E-state index contributed by atoms with van der Waals surface area (Å²) in [4.78, 5) is 8.83. The largest absolute Gasteiger partial charge is 0.367 e. The minimum Gasteiger partial charge on any atom is -0.367 e. The molecule has 1 heterocycles. The van der Waals surface area contributed by atoms with E-state index < -0.39 is 6.17 Å². The summed E-state index contributed by atoms with van der Waals surface area (Å²) >= 11 is 0. The first-order valence-corrected chi connectivity index (χ1v) is 8.71. The molecule has 1 aromatic rings. The van der Waals surface area contributed by atoms with Gasteiger partial charge in [0.1, 0.15) is 18.3 Å². The molecule has 4 nitrogen and oxygen atoms in total. The first-order chi connectivity index (χ1) is 11.0. The Morgan fingerprint density at radius 2 is 1.87 bits per heavy atom. The second-order valence-electron chi connectivity index (χ2n) is 7.04. The molecule has 0 amide bonds. The van der Waals surface area contributed by atoms with Crippen LogP contribution in [0, 0.1) is 6.92 Å².